The maximum atomic E-state index is 14.0. The van der Waals surface area contributed by atoms with Crippen LogP contribution in [0.5, 0.6) is 0 Å². The van der Waals surface area contributed by atoms with Crippen LogP contribution in [0, 0.1) is 11.6 Å². The quantitative estimate of drug-likeness (QED) is 0.410. The van der Waals surface area contributed by atoms with Gasteiger partial charge in [0.05, 0.1) is 29.3 Å². The third-order valence-corrected chi connectivity index (χ3v) is 9.27. The fourth-order valence-corrected chi connectivity index (χ4v) is 6.48. The lowest BCUT2D eigenvalue weighted by molar-refractivity contribution is 0.159. The molecule has 5 rings (SSSR count). The number of methoxy groups -OCH3 is 1. The highest BCUT2D eigenvalue weighted by molar-refractivity contribution is 7.92. The minimum Gasteiger partial charge on any atom is -0.383 e. The Morgan fingerprint density at radius 1 is 1.05 bits per heavy atom. The van der Waals surface area contributed by atoms with E-state index in [2.05, 4.69) is 20.5 Å². The number of aromatic nitrogens is 1. The molecule has 39 heavy (non-hydrogen) atoms. The van der Waals surface area contributed by atoms with Crippen molar-refractivity contribution >= 4 is 21.6 Å². The average Bonchev–Trinajstić information content (AvgIpc) is 3.72. The monoisotopic (exact) mass is 556 g/mol. The van der Waals surface area contributed by atoms with E-state index in [4.69, 9.17) is 4.74 Å². The second-order valence-corrected chi connectivity index (χ2v) is 12.1. The number of nitrogens with one attached hydrogen (secondary N) is 2. The molecule has 2 N–H and O–H groups in total. The van der Waals surface area contributed by atoms with Crippen molar-refractivity contribution in [3.05, 3.63) is 77.9 Å². The Morgan fingerprint density at radius 2 is 1.82 bits per heavy atom. The van der Waals surface area contributed by atoms with Gasteiger partial charge in [0.25, 0.3) is 0 Å². The van der Waals surface area contributed by atoms with Crippen molar-refractivity contribution in [2.24, 2.45) is 0 Å². The number of nitrogens with zero attached hydrogens (tertiary/aromatic N) is 2. The standard InChI is InChI=1S/C28H30F2N4O4S/c1-38-14-13-34-16-21(19-7-10-22(29)23(30)15-19)25(17-34)32-28(35)31-24-11-12-26(39(36,37)20-8-9-20)33-27(24)18-5-3-2-4-6-18/h2-7,10-12,15,20-21,25H,8-9,13-14,16-17H2,1H3,(H2,31,32,35). The van der Waals surface area contributed by atoms with E-state index in [1.165, 1.54) is 18.2 Å². The van der Waals surface area contributed by atoms with Gasteiger partial charge in [-0.1, -0.05) is 36.4 Å². The van der Waals surface area contributed by atoms with E-state index >= 15 is 0 Å². The predicted octanol–water partition coefficient (Wildman–Crippen LogP) is 4.20. The lowest BCUT2D eigenvalue weighted by Crippen LogP contribution is -2.42. The number of sulfone groups is 1. The number of ether oxygens (including phenoxy) is 1. The Kier molecular flexibility index (Phi) is 7.92. The first kappa shape index (κ1) is 27.2. The van der Waals surface area contributed by atoms with Crippen molar-refractivity contribution in [3.8, 4) is 11.3 Å². The number of amides is 2. The molecule has 1 aliphatic carbocycles. The zero-order valence-corrected chi connectivity index (χ0v) is 22.3. The summed E-state index contributed by atoms with van der Waals surface area (Å²) in [4.78, 5) is 19.8. The van der Waals surface area contributed by atoms with Crippen LogP contribution in [0.2, 0.25) is 0 Å². The van der Waals surface area contributed by atoms with Crippen molar-refractivity contribution in [3.63, 3.8) is 0 Å². The van der Waals surface area contributed by atoms with Gasteiger partial charge in [-0.25, -0.2) is 27.0 Å². The van der Waals surface area contributed by atoms with Crippen molar-refractivity contribution in [1.29, 1.82) is 0 Å². The van der Waals surface area contributed by atoms with Gasteiger partial charge in [-0.05, 0) is 42.7 Å². The van der Waals surface area contributed by atoms with E-state index in [0.29, 0.717) is 61.6 Å². The third-order valence-electron chi connectivity index (χ3n) is 7.12. The van der Waals surface area contributed by atoms with E-state index < -0.39 is 38.8 Å². The number of rotatable bonds is 9. The molecule has 0 radical (unpaired) electrons. The number of urea groups is 1. The first-order valence-electron chi connectivity index (χ1n) is 12.8. The number of hydrogen-bond acceptors (Lipinski definition) is 6. The molecule has 2 aliphatic rings. The van der Waals surface area contributed by atoms with Crippen molar-refractivity contribution < 1.29 is 26.7 Å². The van der Waals surface area contributed by atoms with Crippen molar-refractivity contribution in [1.82, 2.24) is 15.2 Å². The molecule has 1 aliphatic heterocycles. The van der Waals surface area contributed by atoms with Crippen LogP contribution in [0.4, 0.5) is 19.3 Å². The van der Waals surface area contributed by atoms with E-state index in [9.17, 15) is 22.0 Å². The van der Waals surface area contributed by atoms with Gasteiger partial charge in [0.2, 0.25) is 0 Å². The number of pyridine rings is 1. The van der Waals surface area contributed by atoms with Gasteiger partial charge >= 0.3 is 6.03 Å². The minimum absolute atomic E-state index is 0.0159. The summed E-state index contributed by atoms with van der Waals surface area (Å²) in [5, 5.41) is 5.37. The number of carbonyl (C=O) groups is 1. The number of benzene rings is 2. The molecule has 1 aromatic heterocycles. The molecule has 0 bridgehead atoms. The van der Waals surface area contributed by atoms with Gasteiger partial charge in [0.1, 0.15) is 0 Å². The normalized spacial score (nSPS) is 19.7. The van der Waals surface area contributed by atoms with Crippen LogP contribution in [0.25, 0.3) is 11.3 Å². The fraction of sp³-hybridized carbons (Fsp3) is 0.357. The highest BCUT2D eigenvalue weighted by Gasteiger charge is 2.38. The van der Waals surface area contributed by atoms with Crippen LogP contribution >= 0.6 is 0 Å². The largest absolute Gasteiger partial charge is 0.383 e. The maximum Gasteiger partial charge on any atom is 0.319 e. The predicted molar refractivity (Wildman–Crippen MR) is 143 cm³/mol. The lowest BCUT2D eigenvalue weighted by Gasteiger charge is -2.21. The number of anilines is 1. The molecule has 11 heteroatoms. The SMILES string of the molecule is COCCN1CC(NC(=O)Nc2ccc(S(=O)(=O)C3CC3)nc2-c2ccccc2)C(c2ccc(F)c(F)c2)C1. The molecule has 1 saturated heterocycles. The Labute approximate surface area is 226 Å². The summed E-state index contributed by atoms with van der Waals surface area (Å²) in [6.45, 7) is 2.13. The number of likely N-dealkylation sites (tertiary alicyclic amines) is 1. The third kappa shape index (κ3) is 6.10. The molecule has 0 spiro atoms. The molecular formula is C28H30F2N4O4S. The Morgan fingerprint density at radius 3 is 2.51 bits per heavy atom. The van der Waals surface area contributed by atoms with E-state index in [1.54, 1.807) is 25.3 Å². The van der Waals surface area contributed by atoms with Crippen LogP contribution in [-0.2, 0) is 14.6 Å². The van der Waals surface area contributed by atoms with Crippen LogP contribution in [-0.4, -0.2) is 69.0 Å². The second-order valence-electron chi connectivity index (χ2n) is 9.89. The highest BCUT2D eigenvalue weighted by atomic mass is 32.2. The van der Waals surface area contributed by atoms with Gasteiger partial charge in [-0.2, -0.15) is 0 Å². The topological polar surface area (TPSA) is 101 Å². The maximum absolute atomic E-state index is 14.0. The van der Waals surface area contributed by atoms with Crippen LogP contribution in [0.3, 0.4) is 0 Å². The van der Waals surface area contributed by atoms with Gasteiger partial charge < -0.3 is 15.4 Å². The first-order valence-corrected chi connectivity index (χ1v) is 14.3. The summed E-state index contributed by atoms with van der Waals surface area (Å²) in [6, 6.07) is 14.9. The average molecular weight is 557 g/mol. The summed E-state index contributed by atoms with van der Waals surface area (Å²) in [5.74, 6) is -2.14. The molecule has 2 amide bonds. The molecule has 2 heterocycles. The molecule has 2 unspecified atom stereocenters. The molecule has 3 aromatic rings. The summed E-state index contributed by atoms with van der Waals surface area (Å²) in [6.07, 6.45) is 1.24. The van der Waals surface area contributed by atoms with Gasteiger partial charge in [0, 0.05) is 38.2 Å². The second kappa shape index (κ2) is 11.4. The van der Waals surface area contributed by atoms with Gasteiger partial charge in [-0.15, -0.1) is 0 Å². The number of halogens is 2. The van der Waals surface area contributed by atoms with E-state index in [1.807, 2.05) is 18.2 Å². The zero-order chi connectivity index (χ0) is 27.6. The molecule has 2 aromatic carbocycles. The summed E-state index contributed by atoms with van der Waals surface area (Å²) >= 11 is 0. The molecule has 206 valence electrons. The zero-order valence-electron chi connectivity index (χ0n) is 21.4. The van der Waals surface area contributed by atoms with Crippen LogP contribution < -0.4 is 10.6 Å². The smallest absolute Gasteiger partial charge is 0.319 e. The van der Waals surface area contributed by atoms with Gasteiger partial charge in [0.15, 0.2) is 26.5 Å². The van der Waals surface area contributed by atoms with Crippen molar-refractivity contribution in [2.45, 2.75) is 35.1 Å². The lowest BCUT2D eigenvalue weighted by atomic mass is 9.94. The van der Waals surface area contributed by atoms with Gasteiger partial charge in [-0.3, -0.25) is 4.90 Å². The minimum atomic E-state index is -3.53. The summed E-state index contributed by atoms with van der Waals surface area (Å²) < 4.78 is 58.5. The summed E-state index contributed by atoms with van der Waals surface area (Å²) in [7, 11) is -1.93. The van der Waals surface area contributed by atoms with E-state index in [-0.39, 0.29) is 10.9 Å². The highest BCUT2D eigenvalue weighted by Crippen LogP contribution is 2.35. The Balaban J connectivity index is 1.39. The first-order chi connectivity index (χ1) is 18.8. The molecule has 1 saturated carbocycles. The number of carbonyl (C=O) groups excluding carboxylic acids is 1. The fourth-order valence-electron chi connectivity index (χ4n) is 4.91. The molecule has 2 fully saturated rings. The van der Waals surface area contributed by atoms with Crippen LogP contribution in [0.15, 0.2) is 65.7 Å². The molecular weight excluding hydrogens is 526 g/mol. The molecule has 8 nitrogen and oxygen atoms in total. The van der Waals surface area contributed by atoms with Crippen molar-refractivity contribution in [2.75, 3.05) is 38.7 Å². The van der Waals surface area contributed by atoms with Crippen LogP contribution in [0.1, 0.15) is 24.3 Å². The molecule has 2 atom stereocenters. The number of hydrogen-bond donors (Lipinski definition) is 2. The summed E-state index contributed by atoms with van der Waals surface area (Å²) in [5.41, 5.74) is 1.94. The van der Waals surface area contributed by atoms with E-state index in [0.717, 1.165) is 6.07 Å². The Bertz CT molecular complexity index is 1450. The Hall–Kier alpha value is -3.41.